The molecule has 2 atom stereocenters. The zero-order valence-corrected chi connectivity index (χ0v) is 18.8. The van der Waals surface area contributed by atoms with E-state index in [4.69, 9.17) is 4.74 Å². The molecule has 2 heterocycles. The lowest BCUT2D eigenvalue weighted by Crippen LogP contribution is -2.47. The Bertz CT molecular complexity index is 529. The summed E-state index contributed by atoms with van der Waals surface area (Å²) in [4.78, 5) is 21.3. The first-order valence-corrected chi connectivity index (χ1v) is 10.8. The Balaban J connectivity index is 1.76. The minimum Gasteiger partial charge on any atom is -0.444 e. The van der Waals surface area contributed by atoms with Crippen LogP contribution >= 0.6 is 0 Å². The van der Waals surface area contributed by atoms with Crippen LogP contribution in [0.15, 0.2) is 4.99 Å². The minimum atomic E-state index is -0.469. The molecule has 2 saturated heterocycles. The summed E-state index contributed by atoms with van der Waals surface area (Å²) < 4.78 is 5.37. The number of aliphatic imine (C=N–C) groups is 1. The Morgan fingerprint density at radius 3 is 2.61 bits per heavy atom. The van der Waals surface area contributed by atoms with Gasteiger partial charge in [0, 0.05) is 39.8 Å². The van der Waals surface area contributed by atoms with Crippen LogP contribution in [-0.2, 0) is 4.74 Å². The van der Waals surface area contributed by atoms with Gasteiger partial charge in [-0.05, 0) is 58.4 Å². The van der Waals surface area contributed by atoms with Crippen LogP contribution in [0.5, 0.6) is 0 Å². The third-order valence-electron chi connectivity index (χ3n) is 5.20. The van der Waals surface area contributed by atoms with Crippen molar-refractivity contribution in [3.63, 3.8) is 0 Å². The minimum absolute atomic E-state index is 0.101. The Labute approximate surface area is 171 Å². The Morgan fingerprint density at radius 2 is 1.96 bits per heavy atom. The van der Waals surface area contributed by atoms with E-state index in [1.165, 1.54) is 32.5 Å². The van der Waals surface area contributed by atoms with Gasteiger partial charge in [0.1, 0.15) is 5.60 Å². The van der Waals surface area contributed by atoms with E-state index in [-0.39, 0.29) is 12.1 Å². The highest BCUT2D eigenvalue weighted by Crippen LogP contribution is 2.17. The number of hydrogen-bond acceptors (Lipinski definition) is 4. The predicted molar refractivity (Wildman–Crippen MR) is 115 cm³/mol. The standard InChI is InChI=1S/C21H41N5O2/c1-16(2)13-25-10-7-8-17(14-25)12-23-19(22-6)26-11-9-18(15-26)24-20(27)28-21(3,4)5/h16-18H,7-15H2,1-6H3,(H,22,23)(H,24,27). The third-order valence-corrected chi connectivity index (χ3v) is 5.20. The molecule has 2 fully saturated rings. The van der Waals surface area contributed by atoms with E-state index in [2.05, 4.69) is 39.3 Å². The molecular formula is C21H41N5O2. The van der Waals surface area contributed by atoms with Crippen molar-refractivity contribution in [3.8, 4) is 0 Å². The number of guanidine groups is 1. The topological polar surface area (TPSA) is 69.2 Å². The van der Waals surface area contributed by atoms with E-state index in [0.29, 0.717) is 5.92 Å². The fourth-order valence-electron chi connectivity index (χ4n) is 4.11. The van der Waals surface area contributed by atoms with Crippen LogP contribution in [0, 0.1) is 11.8 Å². The number of ether oxygens (including phenoxy) is 1. The van der Waals surface area contributed by atoms with Crippen molar-refractivity contribution in [2.24, 2.45) is 16.8 Å². The largest absolute Gasteiger partial charge is 0.444 e. The van der Waals surface area contributed by atoms with Crippen LogP contribution in [0.2, 0.25) is 0 Å². The van der Waals surface area contributed by atoms with Crippen molar-refractivity contribution in [2.75, 3.05) is 46.3 Å². The van der Waals surface area contributed by atoms with Crippen LogP contribution in [0.1, 0.15) is 53.9 Å². The molecule has 0 radical (unpaired) electrons. The molecule has 0 saturated carbocycles. The highest BCUT2D eigenvalue weighted by atomic mass is 16.6. The molecule has 0 aromatic rings. The molecule has 7 heteroatoms. The van der Waals surface area contributed by atoms with Crippen molar-refractivity contribution in [1.82, 2.24) is 20.4 Å². The second-order valence-electron chi connectivity index (χ2n) is 9.67. The van der Waals surface area contributed by atoms with Crippen molar-refractivity contribution in [2.45, 2.75) is 65.5 Å². The summed E-state index contributed by atoms with van der Waals surface area (Å²) in [6.45, 7) is 16.4. The van der Waals surface area contributed by atoms with E-state index in [0.717, 1.165) is 37.9 Å². The van der Waals surface area contributed by atoms with Gasteiger partial charge in [-0.15, -0.1) is 0 Å². The fourth-order valence-corrected chi connectivity index (χ4v) is 4.11. The van der Waals surface area contributed by atoms with E-state index >= 15 is 0 Å². The molecule has 28 heavy (non-hydrogen) atoms. The Hall–Kier alpha value is -1.50. The first kappa shape index (κ1) is 22.8. The highest BCUT2D eigenvalue weighted by molar-refractivity contribution is 5.80. The molecule has 162 valence electrons. The summed E-state index contributed by atoms with van der Waals surface area (Å²) in [7, 11) is 1.84. The van der Waals surface area contributed by atoms with Crippen LogP contribution < -0.4 is 10.6 Å². The number of nitrogens with zero attached hydrogens (tertiary/aromatic N) is 3. The molecule has 0 bridgehead atoms. The lowest BCUT2D eigenvalue weighted by molar-refractivity contribution is 0.0507. The maximum atomic E-state index is 12.0. The van der Waals surface area contributed by atoms with Crippen LogP contribution in [0.3, 0.4) is 0 Å². The first-order valence-electron chi connectivity index (χ1n) is 10.8. The molecule has 2 rings (SSSR count). The molecule has 0 aromatic carbocycles. The van der Waals surface area contributed by atoms with Crippen LogP contribution in [-0.4, -0.2) is 79.8 Å². The van der Waals surface area contributed by atoms with Gasteiger partial charge in [0.15, 0.2) is 5.96 Å². The molecule has 2 aliphatic heterocycles. The number of nitrogens with one attached hydrogen (secondary N) is 2. The molecule has 1 amide bonds. The summed E-state index contributed by atoms with van der Waals surface area (Å²) >= 11 is 0. The molecule has 2 N–H and O–H groups in total. The van der Waals surface area contributed by atoms with E-state index < -0.39 is 5.60 Å². The zero-order valence-electron chi connectivity index (χ0n) is 18.8. The van der Waals surface area contributed by atoms with E-state index in [1.54, 1.807) is 0 Å². The summed E-state index contributed by atoms with van der Waals surface area (Å²) in [5.41, 5.74) is -0.469. The third kappa shape index (κ3) is 7.86. The summed E-state index contributed by atoms with van der Waals surface area (Å²) in [6, 6.07) is 0.101. The maximum absolute atomic E-state index is 12.0. The summed E-state index contributed by atoms with van der Waals surface area (Å²) in [6.07, 6.45) is 3.13. The van der Waals surface area contributed by atoms with Crippen LogP contribution in [0.25, 0.3) is 0 Å². The number of piperidine rings is 1. The summed E-state index contributed by atoms with van der Waals surface area (Å²) in [5.74, 6) is 2.33. The first-order chi connectivity index (χ1) is 13.2. The van der Waals surface area contributed by atoms with Crippen molar-refractivity contribution >= 4 is 12.1 Å². The lowest BCUT2D eigenvalue weighted by Gasteiger charge is -2.34. The van der Waals surface area contributed by atoms with Gasteiger partial charge >= 0.3 is 6.09 Å². The Kier molecular flexibility index (Phi) is 8.40. The molecule has 2 aliphatic rings. The maximum Gasteiger partial charge on any atom is 0.407 e. The number of carbonyl (C=O) groups excluding carboxylic acids is 1. The van der Waals surface area contributed by atoms with Crippen molar-refractivity contribution in [1.29, 1.82) is 0 Å². The van der Waals surface area contributed by atoms with Gasteiger partial charge < -0.3 is 25.2 Å². The fraction of sp³-hybridized carbons (Fsp3) is 0.905. The molecule has 0 aromatic heterocycles. The van der Waals surface area contributed by atoms with Gasteiger partial charge in [0.05, 0.1) is 6.04 Å². The summed E-state index contributed by atoms with van der Waals surface area (Å²) in [5, 5.41) is 6.55. The Morgan fingerprint density at radius 1 is 1.21 bits per heavy atom. The number of amides is 1. The number of alkyl carbamates (subject to hydrolysis) is 1. The van der Waals surface area contributed by atoms with Gasteiger partial charge in [-0.2, -0.15) is 0 Å². The van der Waals surface area contributed by atoms with Gasteiger partial charge in [-0.1, -0.05) is 13.8 Å². The average Bonchev–Trinajstić information content (AvgIpc) is 3.01. The van der Waals surface area contributed by atoms with Crippen molar-refractivity contribution < 1.29 is 9.53 Å². The molecular weight excluding hydrogens is 354 g/mol. The van der Waals surface area contributed by atoms with E-state index in [1.807, 2.05) is 27.8 Å². The lowest BCUT2D eigenvalue weighted by atomic mass is 9.97. The molecule has 2 unspecified atom stereocenters. The van der Waals surface area contributed by atoms with Gasteiger partial charge in [-0.25, -0.2) is 4.79 Å². The average molecular weight is 396 g/mol. The predicted octanol–water partition coefficient (Wildman–Crippen LogP) is 2.53. The van der Waals surface area contributed by atoms with E-state index in [9.17, 15) is 4.79 Å². The van der Waals surface area contributed by atoms with Gasteiger partial charge in [0.25, 0.3) is 0 Å². The van der Waals surface area contributed by atoms with Crippen LogP contribution in [0.4, 0.5) is 4.79 Å². The highest BCUT2D eigenvalue weighted by Gasteiger charge is 2.28. The number of carbonyl (C=O) groups is 1. The number of rotatable bonds is 5. The smallest absolute Gasteiger partial charge is 0.407 e. The van der Waals surface area contributed by atoms with Gasteiger partial charge in [0.2, 0.25) is 0 Å². The zero-order chi connectivity index (χ0) is 20.7. The number of hydrogen-bond donors (Lipinski definition) is 2. The second kappa shape index (κ2) is 10.3. The van der Waals surface area contributed by atoms with Gasteiger partial charge in [-0.3, -0.25) is 4.99 Å². The molecule has 0 spiro atoms. The molecule has 7 nitrogen and oxygen atoms in total. The monoisotopic (exact) mass is 395 g/mol. The SMILES string of the molecule is CN=C(NCC1CCCN(CC(C)C)C1)N1CCC(NC(=O)OC(C)(C)C)C1. The second-order valence-corrected chi connectivity index (χ2v) is 9.67. The normalized spacial score (nSPS) is 24.5. The van der Waals surface area contributed by atoms with Crippen molar-refractivity contribution in [3.05, 3.63) is 0 Å². The quantitative estimate of drug-likeness (QED) is 0.553. The number of likely N-dealkylation sites (tertiary alicyclic amines) is 2. The molecule has 0 aliphatic carbocycles.